The molecule has 0 heterocycles. The first-order chi connectivity index (χ1) is 9.96. The van der Waals surface area contributed by atoms with Gasteiger partial charge in [-0.1, -0.05) is 52.3 Å². The van der Waals surface area contributed by atoms with Gasteiger partial charge in [0.15, 0.2) is 0 Å². The van der Waals surface area contributed by atoms with Crippen molar-refractivity contribution in [1.82, 2.24) is 5.32 Å². The van der Waals surface area contributed by atoms with Crippen LogP contribution in [0.25, 0.3) is 0 Å². The summed E-state index contributed by atoms with van der Waals surface area (Å²) in [6.07, 6.45) is 0. The minimum Gasteiger partial charge on any atom is -0.342 e. The van der Waals surface area contributed by atoms with E-state index in [0.29, 0.717) is 11.4 Å². The number of hydrogen-bond acceptors (Lipinski definition) is 1. The van der Waals surface area contributed by atoms with E-state index in [-0.39, 0.29) is 5.91 Å². The Morgan fingerprint density at radius 1 is 1.24 bits per heavy atom. The lowest BCUT2D eigenvalue weighted by Gasteiger charge is -2.29. The van der Waals surface area contributed by atoms with Crippen LogP contribution in [0.1, 0.15) is 28.4 Å². The predicted molar refractivity (Wildman–Crippen MR) is 90.9 cm³/mol. The SMILES string of the molecule is Cc1ccc(C(=O)NC(C)(CCl)c2ccccc2)cc1Br. The van der Waals surface area contributed by atoms with E-state index in [9.17, 15) is 4.79 Å². The summed E-state index contributed by atoms with van der Waals surface area (Å²) < 4.78 is 0.919. The van der Waals surface area contributed by atoms with Crippen LogP contribution in [0.2, 0.25) is 0 Å². The smallest absolute Gasteiger partial charge is 0.252 e. The molecule has 4 heteroatoms. The van der Waals surface area contributed by atoms with Crippen molar-refractivity contribution in [1.29, 1.82) is 0 Å². The number of halogens is 2. The summed E-state index contributed by atoms with van der Waals surface area (Å²) in [6, 6.07) is 15.3. The van der Waals surface area contributed by atoms with Gasteiger partial charge in [0.2, 0.25) is 0 Å². The second-order valence-corrected chi connectivity index (χ2v) is 6.37. The number of nitrogens with one attached hydrogen (secondary N) is 1. The largest absolute Gasteiger partial charge is 0.342 e. The number of carbonyl (C=O) groups is 1. The quantitative estimate of drug-likeness (QED) is 0.785. The van der Waals surface area contributed by atoms with Gasteiger partial charge in [-0.2, -0.15) is 0 Å². The number of amides is 1. The van der Waals surface area contributed by atoms with E-state index in [1.165, 1.54) is 0 Å². The molecule has 1 atom stereocenters. The van der Waals surface area contributed by atoms with Crippen LogP contribution in [-0.2, 0) is 5.54 Å². The summed E-state index contributed by atoms with van der Waals surface area (Å²) in [5.41, 5.74) is 2.09. The van der Waals surface area contributed by atoms with E-state index in [1.807, 2.05) is 62.4 Å². The summed E-state index contributed by atoms with van der Waals surface area (Å²) in [5.74, 6) is 0.165. The Kier molecular flexibility index (Phi) is 5.07. The molecule has 0 aliphatic heterocycles. The van der Waals surface area contributed by atoms with Gasteiger partial charge >= 0.3 is 0 Å². The van der Waals surface area contributed by atoms with Crippen molar-refractivity contribution in [2.24, 2.45) is 0 Å². The Morgan fingerprint density at radius 2 is 1.90 bits per heavy atom. The van der Waals surface area contributed by atoms with Gasteiger partial charge in [-0.3, -0.25) is 4.79 Å². The van der Waals surface area contributed by atoms with Crippen molar-refractivity contribution < 1.29 is 4.79 Å². The number of carbonyl (C=O) groups excluding carboxylic acids is 1. The lowest BCUT2D eigenvalue weighted by atomic mass is 9.93. The Hall–Kier alpha value is -1.32. The summed E-state index contributed by atoms with van der Waals surface area (Å²) in [7, 11) is 0. The molecule has 0 aromatic heterocycles. The fourth-order valence-corrected chi connectivity index (χ4v) is 2.65. The second kappa shape index (κ2) is 6.63. The van der Waals surface area contributed by atoms with Gasteiger partial charge in [-0.05, 0) is 37.1 Å². The van der Waals surface area contributed by atoms with Crippen molar-refractivity contribution in [2.75, 3.05) is 5.88 Å². The molecule has 21 heavy (non-hydrogen) atoms. The van der Waals surface area contributed by atoms with Gasteiger partial charge in [0, 0.05) is 15.9 Å². The molecule has 0 aliphatic carbocycles. The third-order valence-corrected chi connectivity index (χ3v) is 4.89. The van der Waals surface area contributed by atoms with Crippen LogP contribution in [0.4, 0.5) is 0 Å². The van der Waals surface area contributed by atoms with Crippen LogP contribution in [-0.4, -0.2) is 11.8 Å². The number of benzene rings is 2. The van der Waals surface area contributed by atoms with E-state index >= 15 is 0 Å². The zero-order chi connectivity index (χ0) is 15.5. The monoisotopic (exact) mass is 365 g/mol. The minimum absolute atomic E-state index is 0.136. The lowest BCUT2D eigenvalue weighted by molar-refractivity contribution is 0.0913. The molecule has 0 bridgehead atoms. The average Bonchev–Trinajstić information content (AvgIpc) is 2.50. The maximum absolute atomic E-state index is 12.5. The molecule has 0 radical (unpaired) electrons. The second-order valence-electron chi connectivity index (χ2n) is 5.25. The highest BCUT2D eigenvalue weighted by atomic mass is 79.9. The molecule has 2 rings (SSSR count). The number of aryl methyl sites for hydroxylation is 1. The zero-order valence-electron chi connectivity index (χ0n) is 12.0. The van der Waals surface area contributed by atoms with Crippen LogP contribution in [0.5, 0.6) is 0 Å². The van der Waals surface area contributed by atoms with Gasteiger partial charge in [0.1, 0.15) is 0 Å². The average molecular weight is 367 g/mol. The van der Waals surface area contributed by atoms with E-state index in [0.717, 1.165) is 15.6 Å². The first kappa shape index (κ1) is 16.1. The Morgan fingerprint density at radius 3 is 2.48 bits per heavy atom. The molecule has 0 saturated carbocycles. The first-order valence-corrected chi connectivity index (χ1v) is 7.99. The van der Waals surface area contributed by atoms with Crippen LogP contribution < -0.4 is 5.32 Å². The van der Waals surface area contributed by atoms with E-state index in [1.54, 1.807) is 0 Å². The number of hydrogen-bond donors (Lipinski definition) is 1. The minimum atomic E-state index is -0.600. The van der Waals surface area contributed by atoms with Crippen molar-refractivity contribution in [2.45, 2.75) is 19.4 Å². The normalized spacial score (nSPS) is 13.5. The van der Waals surface area contributed by atoms with Crippen LogP contribution in [0, 0.1) is 6.92 Å². The van der Waals surface area contributed by atoms with Crippen LogP contribution in [0.15, 0.2) is 53.0 Å². The van der Waals surface area contributed by atoms with Crippen LogP contribution >= 0.6 is 27.5 Å². The predicted octanol–water partition coefficient (Wildman–Crippen LogP) is 4.64. The van der Waals surface area contributed by atoms with Crippen molar-refractivity contribution in [3.8, 4) is 0 Å². The molecule has 0 saturated heterocycles. The fraction of sp³-hybridized carbons (Fsp3) is 0.235. The topological polar surface area (TPSA) is 29.1 Å². The van der Waals surface area contributed by atoms with Crippen LogP contribution in [0.3, 0.4) is 0 Å². The Labute approximate surface area is 138 Å². The van der Waals surface area contributed by atoms with Crippen molar-refractivity contribution in [3.05, 3.63) is 69.7 Å². The maximum atomic E-state index is 12.5. The maximum Gasteiger partial charge on any atom is 0.252 e. The standard InChI is InChI=1S/C17H17BrClNO/c1-12-8-9-13(10-15(12)18)16(21)20-17(2,11-19)14-6-4-3-5-7-14/h3-10H,11H2,1-2H3,(H,20,21). The first-order valence-electron chi connectivity index (χ1n) is 6.66. The molecule has 0 spiro atoms. The van der Waals surface area contributed by atoms with Gasteiger partial charge < -0.3 is 5.32 Å². The molecule has 1 unspecified atom stereocenters. The summed E-state index contributed by atoms with van der Waals surface area (Å²) >= 11 is 9.56. The molecule has 0 aliphatic rings. The summed E-state index contributed by atoms with van der Waals surface area (Å²) in [5, 5.41) is 3.03. The van der Waals surface area contributed by atoms with E-state index in [2.05, 4.69) is 21.2 Å². The van der Waals surface area contributed by atoms with Gasteiger partial charge in [0.25, 0.3) is 5.91 Å². The molecular weight excluding hydrogens is 350 g/mol. The van der Waals surface area contributed by atoms with Crippen molar-refractivity contribution in [3.63, 3.8) is 0 Å². The zero-order valence-corrected chi connectivity index (χ0v) is 14.3. The molecule has 1 N–H and O–H groups in total. The molecule has 2 aromatic carbocycles. The molecule has 110 valence electrons. The van der Waals surface area contributed by atoms with E-state index < -0.39 is 5.54 Å². The third-order valence-electron chi connectivity index (χ3n) is 3.50. The molecule has 1 amide bonds. The van der Waals surface area contributed by atoms with Crippen molar-refractivity contribution >= 4 is 33.4 Å². The molecule has 2 aromatic rings. The molecule has 0 fully saturated rings. The van der Waals surface area contributed by atoms with Gasteiger partial charge in [-0.15, -0.1) is 11.6 Å². The highest BCUT2D eigenvalue weighted by Crippen LogP contribution is 2.24. The number of alkyl halides is 1. The highest BCUT2D eigenvalue weighted by molar-refractivity contribution is 9.10. The van der Waals surface area contributed by atoms with E-state index in [4.69, 9.17) is 11.6 Å². The van der Waals surface area contributed by atoms with Gasteiger partial charge in [-0.25, -0.2) is 0 Å². The highest BCUT2D eigenvalue weighted by Gasteiger charge is 2.28. The Bertz CT molecular complexity index is 644. The summed E-state index contributed by atoms with van der Waals surface area (Å²) in [4.78, 5) is 12.5. The molecule has 2 nitrogen and oxygen atoms in total. The lowest BCUT2D eigenvalue weighted by Crippen LogP contribution is -2.45. The third kappa shape index (κ3) is 3.66. The molecular formula is C17H17BrClNO. The van der Waals surface area contributed by atoms with Gasteiger partial charge in [0.05, 0.1) is 5.54 Å². The Balaban J connectivity index is 2.26. The summed E-state index contributed by atoms with van der Waals surface area (Å²) in [6.45, 7) is 3.91. The fourth-order valence-electron chi connectivity index (χ4n) is 2.05. The number of rotatable bonds is 4.